The van der Waals surface area contributed by atoms with Crippen LogP contribution >= 0.6 is 0 Å². The van der Waals surface area contributed by atoms with E-state index >= 15 is 0 Å². The van der Waals surface area contributed by atoms with E-state index in [0.717, 1.165) is 67.6 Å². The van der Waals surface area contributed by atoms with Crippen molar-refractivity contribution < 1.29 is 0 Å². The Balaban J connectivity index is 1.15. The molecule has 2 saturated carbocycles. The number of hydrazine groups is 1. The van der Waals surface area contributed by atoms with Crippen molar-refractivity contribution in [2.45, 2.75) is 135 Å². The molecule has 2 aliphatic carbocycles. The Labute approximate surface area is 248 Å². The van der Waals surface area contributed by atoms with E-state index in [1.165, 1.54) is 96.7 Å². The molecule has 3 heterocycles. The molecule has 5 rings (SSSR count). The average Bonchev–Trinajstić information content (AvgIpc) is 3.66. The van der Waals surface area contributed by atoms with Crippen LogP contribution in [-0.2, 0) is 0 Å². The number of imidazole rings is 1. The van der Waals surface area contributed by atoms with E-state index in [1.54, 1.807) is 0 Å². The van der Waals surface area contributed by atoms with E-state index in [1.807, 2.05) is 6.33 Å². The monoisotopic (exact) mass is 567 g/mol. The van der Waals surface area contributed by atoms with Gasteiger partial charge in [-0.05, 0) is 96.2 Å². The van der Waals surface area contributed by atoms with Gasteiger partial charge in [0, 0.05) is 31.2 Å². The summed E-state index contributed by atoms with van der Waals surface area (Å²) in [5, 5.41) is 6.02. The normalized spacial score (nSPS) is 23.1. The predicted octanol–water partition coefficient (Wildman–Crippen LogP) is 6.34. The summed E-state index contributed by atoms with van der Waals surface area (Å²) in [4.78, 5) is 17.5. The minimum atomic E-state index is 0.336. The zero-order valence-corrected chi connectivity index (χ0v) is 26.0. The molecule has 1 saturated heterocycles. The molecule has 0 bridgehead atoms. The van der Waals surface area contributed by atoms with Gasteiger partial charge in [0.15, 0.2) is 17.0 Å². The maximum atomic E-state index is 6.16. The first-order chi connectivity index (χ1) is 20.1. The van der Waals surface area contributed by atoms with Gasteiger partial charge in [0.2, 0.25) is 5.95 Å². The first kappa shape index (κ1) is 30.5. The predicted molar refractivity (Wildman–Crippen MR) is 170 cm³/mol. The van der Waals surface area contributed by atoms with E-state index in [2.05, 4.69) is 39.1 Å². The van der Waals surface area contributed by atoms with Gasteiger partial charge in [0.05, 0.1) is 6.33 Å². The van der Waals surface area contributed by atoms with Crippen molar-refractivity contribution in [3.8, 4) is 0 Å². The number of fused-ring (bicyclic) bond motifs is 1. The minimum Gasteiger partial charge on any atom is -0.351 e. The summed E-state index contributed by atoms with van der Waals surface area (Å²) < 4.78 is 2.31. The Morgan fingerprint density at radius 3 is 2.32 bits per heavy atom. The molecule has 3 fully saturated rings. The second kappa shape index (κ2) is 15.5. The van der Waals surface area contributed by atoms with Crippen LogP contribution in [0.4, 0.5) is 11.8 Å². The lowest BCUT2D eigenvalue weighted by molar-refractivity contribution is 0.205. The SMILES string of the molecule is CCCN(CCC)CCCCCC1CCN(Nc2nc(N[C@H]3CC[C@H](N)CC3)nc3c2ncn3C2CCCC2)CC1. The summed E-state index contributed by atoms with van der Waals surface area (Å²) in [6.07, 6.45) is 21.8. The highest BCUT2D eigenvalue weighted by Gasteiger charge is 2.25. The highest BCUT2D eigenvalue weighted by atomic mass is 15.5. The lowest BCUT2D eigenvalue weighted by Crippen LogP contribution is -2.38. The Hall–Kier alpha value is -1.97. The van der Waals surface area contributed by atoms with Crippen molar-refractivity contribution in [1.29, 1.82) is 0 Å². The number of piperidine rings is 1. The fraction of sp³-hybridized carbons (Fsp3) is 0.844. The third kappa shape index (κ3) is 8.54. The molecule has 41 heavy (non-hydrogen) atoms. The molecule has 3 aliphatic rings. The van der Waals surface area contributed by atoms with Crippen LogP contribution in [0.1, 0.15) is 123 Å². The van der Waals surface area contributed by atoms with Crippen LogP contribution in [-0.4, -0.2) is 74.2 Å². The molecular formula is C32H57N9. The van der Waals surface area contributed by atoms with Crippen LogP contribution in [0.15, 0.2) is 6.33 Å². The van der Waals surface area contributed by atoms with Gasteiger partial charge >= 0.3 is 0 Å². The second-order valence-corrected chi connectivity index (χ2v) is 13.1. The maximum absolute atomic E-state index is 6.16. The van der Waals surface area contributed by atoms with Gasteiger partial charge in [0.1, 0.15) is 0 Å². The fourth-order valence-electron chi connectivity index (χ4n) is 7.35. The summed E-state index contributed by atoms with van der Waals surface area (Å²) >= 11 is 0. The molecule has 230 valence electrons. The zero-order chi connectivity index (χ0) is 28.4. The van der Waals surface area contributed by atoms with Crippen molar-refractivity contribution in [2.24, 2.45) is 11.7 Å². The van der Waals surface area contributed by atoms with Gasteiger partial charge in [-0.1, -0.05) is 46.0 Å². The first-order valence-electron chi connectivity index (χ1n) is 17.1. The third-order valence-electron chi connectivity index (χ3n) is 9.79. The number of unbranched alkanes of at least 4 members (excludes halogenated alkanes) is 2. The lowest BCUT2D eigenvalue weighted by atomic mass is 9.92. The van der Waals surface area contributed by atoms with Crippen LogP contribution in [0, 0.1) is 5.92 Å². The van der Waals surface area contributed by atoms with Crippen molar-refractivity contribution >= 4 is 22.9 Å². The van der Waals surface area contributed by atoms with E-state index < -0.39 is 0 Å². The Morgan fingerprint density at radius 1 is 0.878 bits per heavy atom. The van der Waals surface area contributed by atoms with Crippen LogP contribution < -0.4 is 16.5 Å². The van der Waals surface area contributed by atoms with Gasteiger partial charge < -0.3 is 25.9 Å². The highest BCUT2D eigenvalue weighted by Crippen LogP contribution is 2.34. The van der Waals surface area contributed by atoms with Crippen molar-refractivity contribution in [1.82, 2.24) is 29.4 Å². The minimum absolute atomic E-state index is 0.336. The van der Waals surface area contributed by atoms with Gasteiger partial charge in [-0.15, -0.1) is 0 Å². The molecule has 0 amide bonds. The van der Waals surface area contributed by atoms with Crippen LogP contribution in [0.5, 0.6) is 0 Å². The summed E-state index contributed by atoms with van der Waals surface area (Å²) in [7, 11) is 0. The van der Waals surface area contributed by atoms with Crippen molar-refractivity contribution in [3.05, 3.63) is 6.33 Å². The molecule has 2 aromatic rings. The molecule has 9 heteroatoms. The largest absolute Gasteiger partial charge is 0.351 e. The molecule has 1 aliphatic heterocycles. The number of nitrogens with two attached hydrogens (primary N) is 1. The van der Waals surface area contributed by atoms with Crippen molar-refractivity contribution in [2.75, 3.05) is 43.5 Å². The van der Waals surface area contributed by atoms with Gasteiger partial charge in [-0.3, -0.25) is 0 Å². The van der Waals surface area contributed by atoms with Crippen LogP contribution in [0.25, 0.3) is 11.2 Å². The number of nitrogens with zero attached hydrogens (tertiary/aromatic N) is 6. The number of nitrogens with one attached hydrogen (secondary N) is 2. The van der Waals surface area contributed by atoms with E-state index in [9.17, 15) is 0 Å². The third-order valence-corrected chi connectivity index (χ3v) is 9.79. The van der Waals surface area contributed by atoms with E-state index in [-0.39, 0.29) is 0 Å². The Kier molecular flexibility index (Phi) is 11.5. The summed E-state index contributed by atoms with van der Waals surface area (Å²) in [5.74, 6) is 2.42. The first-order valence-corrected chi connectivity index (χ1v) is 17.1. The molecule has 2 aromatic heterocycles. The van der Waals surface area contributed by atoms with Gasteiger partial charge in [-0.25, -0.2) is 9.99 Å². The van der Waals surface area contributed by atoms with Crippen molar-refractivity contribution in [3.63, 3.8) is 0 Å². The smallest absolute Gasteiger partial charge is 0.227 e. The number of hydrogen-bond acceptors (Lipinski definition) is 8. The number of aromatic nitrogens is 4. The number of anilines is 2. The zero-order valence-electron chi connectivity index (χ0n) is 26.0. The molecule has 0 atom stereocenters. The molecule has 0 radical (unpaired) electrons. The number of rotatable bonds is 15. The average molecular weight is 568 g/mol. The Bertz CT molecular complexity index is 1030. The molecule has 0 aromatic carbocycles. The fourth-order valence-corrected chi connectivity index (χ4v) is 7.35. The summed E-state index contributed by atoms with van der Waals surface area (Å²) in [6.45, 7) is 10.5. The standard InChI is InChI=1S/C32H57N9/c1-3-19-39(20-4-2)21-9-5-6-10-25-17-22-40(23-18-25)38-30-29-31(41(24-34-29)28-11-7-8-12-28)37-32(36-30)35-27-15-13-26(33)14-16-27/h24-28H,3-23,33H2,1-2H3,(H2,35,36,37,38)/t26-,27-. The summed E-state index contributed by atoms with van der Waals surface area (Å²) in [6, 6.07) is 1.22. The van der Waals surface area contributed by atoms with Crippen LogP contribution in [0.2, 0.25) is 0 Å². The molecule has 4 N–H and O–H groups in total. The van der Waals surface area contributed by atoms with Gasteiger partial charge in [-0.2, -0.15) is 9.97 Å². The molecular weight excluding hydrogens is 510 g/mol. The van der Waals surface area contributed by atoms with Gasteiger partial charge in [0.25, 0.3) is 0 Å². The maximum Gasteiger partial charge on any atom is 0.227 e. The quantitative estimate of drug-likeness (QED) is 0.214. The lowest BCUT2D eigenvalue weighted by Gasteiger charge is -2.32. The van der Waals surface area contributed by atoms with E-state index in [4.69, 9.17) is 20.7 Å². The molecule has 0 spiro atoms. The van der Waals surface area contributed by atoms with E-state index in [0.29, 0.717) is 18.1 Å². The molecule has 0 unspecified atom stereocenters. The molecule has 9 nitrogen and oxygen atoms in total. The summed E-state index contributed by atoms with van der Waals surface area (Å²) in [5.41, 5.74) is 11.7. The van der Waals surface area contributed by atoms with Crippen LogP contribution in [0.3, 0.4) is 0 Å². The Morgan fingerprint density at radius 2 is 1.61 bits per heavy atom. The second-order valence-electron chi connectivity index (χ2n) is 13.1. The topological polar surface area (TPSA) is 100 Å². The number of hydrogen-bond donors (Lipinski definition) is 3. The highest BCUT2D eigenvalue weighted by molar-refractivity contribution is 5.84.